The lowest BCUT2D eigenvalue weighted by Crippen LogP contribution is -2.24. The number of amides is 1. The minimum atomic E-state index is -0.154. The van der Waals surface area contributed by atoms with Gasteiger partial charge in [0.05, 0.1) is 15.7 Å². The first-order chi connectivity index (χ1) is 11.4. The van der Waals surface area contributed by atoms with E-state index in [0.717, 1.165) is 5.56 Å². The molecule has 0 aliphatic heterocycles. The molecule has 0 saturated heterocycles. The van der Waals surface area contributed by atoms with E-state index in [2.05, 4.69) is 5.32 Å². The smallest absolute Gasteiger partial charge is 0.225 e. The van der Waals surface area contributed by atoms with Gasteiger partial charge < -0.3 is 10.2 Å². The lowest BCUT2D eigenvalue weighted by Gasteiger charge is -2.17. The summed E-state index contributed by atoms with van der Waals surface area (Å²) in [5.41, 5.74) is 1.40. The molecule has 0 spiro atoms. The molecule has 2 aromatic carbocycles. The first-order valence-corrected chi connectivity index (χ1v) is 8.74. The van der Waals surface area contributed by atoms with E-state index in [4.69, 9.17) is 46.4 Å². The zero-order valence-electron chi connectivity index (χ0n) is 13.0. The van der Waals surface area contributed by atoms with Crippen molar-refractivity contribution in [2.45, 2.75) is 13.0 Å². The number of nitrogens with zero attached hydrogens (tertiary/aromatic N) is 1. The Bertz CT molecular complexity index is 716. The van der Waals surface area contributed by atoms with E-state index in [1.54, 1.807) is 30.3 Å². The van der Waals surface area contributed by atoms with Crippen LogP contribution < -0.4 is 5.32 Å². The Hall–Kier alpha value is -0.970. The van der Waals surface area contributed by atoms with Gasteiger partial charge in [0.2, 0.25) is 5.91 Å². The van der Waals surface area contributed by atoms with Crippen LogP contribution in [0.1, 0.15) is 12.0 Å². The number of carbonyl (C=O) groups is 1. The van der Waals surface area contributed by atoms with Gasteiger partial charge in [0.15, 0.2) is 0 Å². The zero-order valence-corrected chi connectivity index (χ0v) is 16.0. The second kappa shape index (κ2) is 8.93. The van der Waals surface area contributed by atoms with Gasteiger partial charge in [-0.1, -0.05) is 58.5 Å². The summed E-state index contributed by atoms with van der Waals surface area (Å²) in [5.74, 6) is -0.154. The van der Waals surface area contributed by atoms with Crippen LogP contribution >= 0.6 is 46.4 Å². The molecule has 128 valence electrons. The third kappa shape index (κ3) is 5.54. The van der Waals surface area contributed by atoms with Crippen molar-refractivity contribution >= 4 is 58.0 Å². The van der Waals surface area contributed by atoms with E-state index in [1.807, 2.05) is 18.0 Å². The maximum absolute atomic E-state index is 12.1. The number of benzene rings is 2. The maximum atomic E-state index is 12.1. The molecule has 0 fully saturated rings. The number of anilines is 1. The molecule has 0 heterocycles. The summed E-state index contributed by atoms with van der Waals surface area (Å²) >= 11 is 24.1. The van der Waals surface area contributed by atoms with Crippen LogP contribution in [-0.4, -0.2) is 24.4 Å². The minimum absolute atomic E-state index is 0.154. The fraction of sp³-hybridized carbons (Fsp3) is 0.235. The number of rotatable bonds is 6. The molecule has 0 aromatic heterocycles. The molecule has 1 amide bonds. The topological polar surface area (TPSA) is 32.3 Å². The van der Waals surface area contributed by atoms with Crippen molar-refractivity contribution in [1.82, 2.24) is 4.90 Å². The minimum Gasteiger partial charge on any atom is -0.324 e. The summed E-state index contributed by atoms with van der Waals surface area (Å²) in [6.45, 7) is 1.18. The first kappa shape index (κ1) is 19.4. The van der Waals surface area contributed by atoms with Gasteiger partial charge in [-0.15, -0.1) is 0 Å². The molecule has 0 aliphatic rings. The van der Waals surface area contributed by atoms with Gasteiger partial charge in [-0.2, -0.15) is 0 Å². The van der Waals surface area contributed by atoms with Crippen molar-refractivity contribution in [2.24, 2.45) is 0 Å². The Kier molecular flexibility index (Phi) is 7.20. The molecule has 0 radical (unpaired) electrons. The quantitative estimate of drug-likeness (QED) is 0.662. The van der Waals surface area contributed by atoms with Crippen LogP contribution in [0.2, 0.25) is 20.1 Å². The number of para-hydroxylation sites is 1. The Morgan fingerprint density at radius 2 is 1.71 bits per heavy atom. The molecule has 2 aromatic rings. The van der Waals surface area contributed by atoms with Gasteiger partial charge >= 0.3 is 0 Å². The average molecular weight is 406 g/mol. The van der Waals surface area contributed by atoms with Crippen LogP contribution in [0.25, 0.3) is 0 Å². The van der Waals surface area contributed by atoms with Crippen LogP contribution in [0, 0.1) is 0 Å². The number of hydrogen-bond acceptors (Lipinski definition) is 2. The van der Waals surface area contributed by atoms with Crippen molar-refractivity contribution in [3.05, 3.63) is 62.1 Å². The third-order valence-electron chi connectivity index (χ3n) is 3.40. The van der Waals surface area contributed by atoms with Crippen LogP contribution in [0.4, 0.5) is 5.69 Å². The van der Waals surface area contributed by atoms with Crippen LogP contribution in [0.3, 0.4) is 0 Å². The van der Waals surface area contributed by atoms with Crippen molar-refractivity contribution in [3.8, 4) is 0 Å². The highest BCUT2D eigenvalue weighted by atomic mass is 35.5. The van der Waals surface area contributed by atoms with E-state index in [9.17, 15) is 4.79 Å². The molecule has 0 unspecified atom stereocenters. The lowest BCUT2D eigenvalue weighted by molar-refractivity contribution is -0.116. The highest BCUT2D eigenvalue weighted by Gasteiger charge is 2.11. The fourth-order valence-electron chi connectivity index (χ4n) is 2.13. The van der Waals surface area contributed by atoms with Gasteiger partial charge in [-0.25, -0.2) is 0 Å². The van der Waals surface area contributed by atoms with Crippen molar-refractivity contribution < 1.29 is 4.79 Å². The Morgan fingerprint density at radius 1 is 1.04 bits per heavy atom. The van der Waals surface area contributed by atoms with Crippen LogP contribution in [0.15, 0.2) is 36.4 Å². The SMILES string of the molecule is CN(CCC(=O)Nc1c(Cl)cccc1Cl)Cc1ccc(Cl)cc1Cl. The molecule has 0 bridgehead atoms. The van der Waals surface area contributed by atoms with Crippen LogP contribution in [-0.2, 0) is 11.3 Å². The molecule has 3 nitrogen and oxygen atoms in total. The monoisotopic (exact) mass is 404 g/mol. The van der Waals surface area contributed by atoms with E-state index >= 15 is 0 Å². The highest BCUT2D eigenvalue weighted by Crippen LogP contribution is 2.29. The van der Waals surface area contributed by atoms with E-state index in [1.165, 1.54) is 0 Å². The molecular formula is C17H16Cl4N2O. The summed E-state index contributed by atoms with van der Waals surface area (Å²) in [6.07, 6.45) is 0.309. The van der Waals surface area contributed by atoms with Crippen LogP contribution in [0.5, 0.6) is 0 Å². The summed E-state index contributed by atoms with van der Waals surface area (Å²) in [5, 5.41) is 4.78. The van der Waals surface area contributed by atoms with Gasteiger partial charge in [0.25, 0.3) is 0 Å². The van der Waals surface area contributed by atoms with Crippen molar-refractivity contribution in [2.75, 3.05) is 18.9 Å². The lowest BCUT2D eigenvalue weighted by atomic mass is 10.2. The maximum Gasteiger partial charge on any atom is 0.225 e. The van der Waals surface area contributed by atoms with Gasteiger partial charge in [0.1, 0.15) is 0 Å². The predicted octanol–water partition coefficient (Wildman–Crippen LogP) is 5.76. The van der Waals surface area contributed by atoms with Gasteiger partial charge in [0, 0.05) is 29.6 Å². The van der Waals surface area contributed by atoms with Crippen molar-refractivity contribution in [3.63, 3.8) is 0 Å². The summed E-state index contributed by atoms with van der Waals surface area (Å²) in [4.78, 5) is 14.1. The number of halogens is 4. The molecule has 0 aliphatic carbocycles. The normalized spacial score (nSPS) is 10.9. The van der Waals surface area contributed by atoms with E-state index in [-0.39, 0.29) is 5.91 Å². The van der Waals surface area contributed by atoms with E-state index < -0.39 is 0 Å². The van der Waals surface area contributed by atoms with Gasteiger partial charge in [-0.3, -0.25) is 4.79 Å². The summed E-state index contributed by atoms with van der Waals surface area (Å²) in [7, 11) is 1.92. The molecule has 24 heavy (non-hydrogen) atoms. The number of nitrogens with one attached hydrogen (secondary N) is 1. The molecule has 7 heteroatoms. The zero-order chi connectivity index (χ0) is 17.7. The molecular weight excluding hydrogens is 390 g/mol. The number of hydrogen-bond donors (Lipinski definition) is 1. The Balaban J connectivity index is 1.87. The second-order valence-corrected chi connectivity index (χ2v) is 7.03. The highest BCUT2D eigenvalue weighted by molar-refractivity contribution is 6.39. The largest absolute Gasteiger partial charge is 0.324 e. The fourth-order valence-corrected chi connectivity index (χ4v) is 3.09. The van der Waals surface area contributed by atoms with Gasteiger partial charge in [-0.05, 0) is 36.9 Å². The number of carbonyl (C=O) groups excluding carboxylic acids is 1. The molecule has 1 N–H and O–H groups in total. The standard InChI is InChI=1S/C17H16Cl4N2O/c1-23(10-11-5-6-12(18)9-15(11)21)8-7-16(24)22-17-13(19)3-2-4-14(17)20/h2-6,9H,7-8,10H2,1H3,(H,22,24). The Morgan fingerprint density at radius 3 is 2.33 bits per heavy atom. The first-order valence-electron chi connectivity index (χ1n) is 7.23. The Labute approximate surface area is 161 Å². The molecule has 0 atom stereocenters. The summed E-state index contributed by atoms with van der Waals surface area (Å²) < 4.78 is 0. The third-order valence-corrected chi connectivity index (χ3v) is 4.62. The van der Waals surface area contributed by atoms with E-state index in [0.29, 0.717) is 45.3 Å². The van der Waals surface area contributed by atoms with Crippen molar-refractivity contribution in [1.29, 1.82) is 0 Å². The molecule has 2 rings (SSSR count). The average Bonchev–Trinajstić information content (AvgIpc) is 2.52. The predicted molar refractivity (Wildman–Crippen MR) is 103 cm³/mol. The molecule has 0 saturated carbocycles. The second-order valence-electron chi connectivity index (χ2n) is 5.37. The summed E-state index contributed by atoms with van der Waals surface area (Å²) in [6, 6.07) is 10.5.